The van der Waals surface area contributed by atoms with E-state index < -0.39 is 35.2 Å². The Morgan fingerprint density at radius 1 is 0.970 bits per heavy atom. The van der Waals surface area contributed by atoms with Gasteiger partial charge in [0.15, 0.2) is 12.4 Å². The summed E-state index contributed by atoms with van der Waals surface area (Å²) < 4.78 is 7.03. The van der Waals surface area contributed by atoms with Gasteiger partial charge in [-0.25, -0.2) is 4.79 Å². The molecule has 2 N–H and O–H groups in total. The second-order valence-electron chi connectivity index (χ2n) is 7.15. The van der Waals surface area contributed by atoms with Gasteiger partial charge in [-0.15, -0.1) is 11.3 Å². The van der Waals surface area contributed by atoms with Gasteiger partial charge in [-0.1, -0.05) is 36.4 Å². The molecule has 0 aliphatic rings. The Kier molecular flexibility index (Phi) is 7.73. The van der Waals surface area contributed by atoms with Gasteiger partial charge in [0.2, 0.25) is 5.78 Å². The lowest BCUT2D eigenvalue weighted by Gasteiger charge is -2.15. The van der Waals surface area contributed by atoms with Crippen molar-refractivity contribution in [2.45, 2.75) is 32.9 Å². The van der Waals surface area contributed by atoms with Gasteiger partial charge in [-0.2, -0.15) is 0 Å². The SMILES string of the molecule is CCn1c(=O)c(C(=O)COC(=O)CCC(=O)c2cccs2)c(N)n(Cc2ccccc2)c1=O. The van der Waals surface area contributed by atoms with E-state index >= 15 is 0 Å². The fourth-order valence-electron chi connectivity index (χ4n) is 3.24. The molecule has 0 fully saturated rings. The number of carbonyl (C=O) groups is 3. The third-order valence-corrected chi connectivity index (χ3v) is 5.87. The van der Waals surface area contributed by atoms with Crippen LogP contribution in [0.3, 0.4) is 0 Å². The van der Waals surface area contributed by atoms with Crippen LogP contribution in [0.15, 0.2) is 57.4 Å². The van der Waals surface area contributed by atoms with Crippen molar-refractivity contribution in [2.24, 2.45) is 0 Å². The maximum absolute atomic E-state index is 12.8. The lowest BCUT2D eigenvalue weighted by molar-refractivity contribution is -0.142. The van der Waals surface area contributed by atoms with Gasteiger partial charge in [0.1, 0.15) is 11.4 Å². The summed E-state index contributed by atoms with van der Waals surface area (Å²) in [4.78, 5) is 62.8. The smallest absolute Gasteiger partial charge is 0.332 e. The number of carbonyl (C=O) groups excluding carboxylic acids is 3. The number of nitrogens with two attached hydrogens (primary N) is 1. The van der Waals surface area contributed by atoms with E-state index in [9.17, 15) is 24.0 Å². The minimum Gasteiger partial charge on any atom is -0.457 e. The molecule has 0 bridgehead atoms. The number of ketones is 2. The van der Waals surface area contributed by atoms with E-state index in [2.05, 4.69) is 0 Å². The van der Waals surface area contributed by atoms with Crippen LogP contribution < -0.4 is 17.0 Å². The monoisotopic (exact) mass is 469 g/mol. The van der Waals surface area contributed by atoms with Crippen molar-refractivity contribution >= 4 is 34.7 Å². The number of ether oxygens (including phenoxy) is 1. The highest BCUT2D eigenvalue weighted by Crippen LogP contribution is 2.13. The molecule has 1 aromatic carbocycles. The minimum absolute atomic E-state index is 0.0393. The van der Waals surface area contributed by atoms with Gasteiger partial charge >= 0.3 is 11.7 Å². The molecule has 3 aromatic rings. The van der Waals surface area contributed by atoms with Gasteiger partial charge in [0.05, 0.1) is 17.8 Å². The molecule has 2 heterocycles. The third kappa shape index (κ3) is 5.53. The fourth-order valence-corrected chi connectivity index (χ4v) is 3.94. The van der Waals surface area contributed by atoms with E-state index in [1.54, 1.807) is 48.7 Å². The first-order valence-electron chi connectivity index (χ1n) is 10.3. The number of Topliss-reactive ketones (excluding diaryl/α,β-unsaturated/α-hetero) is 2. The Morgan fingerprint density at radius 3 is 2.33 bits per heavy atom. The Morgan fingerprint density at radius 2 is 1.70 bits per heavy atom. The molecule has 10 heteroatoms. The second kappa shape index (κ2) is 10.7. The van der Waals surface area contributed by atoms with Crippen LogP contribution in [0.2, 0.25) is 0 Å². The summed E-state index contributed by atoms with van der Waals surface area (Å²) in [5.74, 6) is -2.05. The van der Waals surface area contributed by atoms with Gasteiger partial charge < -0.3 is 10.5 Å². The first-order chi connectivity index (χ1) is 15.8. The topological polar surface area (TPSA) is 130 Å². The number of benzene rings is 1. The van der Waals surface area contributed by atoms with Crippen LogP contribution in [0.4, 0.5) is 5.82 Å². The molecule has 0 radical (unpaired) electrons. The molecule has 0 saturated carbocycles. The molecular formula is C23H23N3O6S. The predicted octanol–water partition coefficient (Wildman–Crippen LogP) is 2.11. The first kappa shape index (κ1) is 23.9. The summed E-state index contributed by atoms with van der Waals surface area (Å²) in [6, 6.07) is 12.4. The Bertz CT molecular complexity index is 1280. The zero-order valence-electron chi connectivity index (χ0n) is 18.0. The van der Waals surface area contributed by atoms with Crippen molar-refractivity contribution in [3.63, 3.8) is 0 Å². The van der Waals surface area contributed by atoms with Gasteiger partial charge in [-0.05, 0) is 23.9 Å². The number of hydrogen-bond acceptors (Lipinski definition) is 8. The van der Waals surface area contributed by atoms with Crippen molar-refractivity contribution in [2.75, 3.05) is 12.3 Å². The largest absolute Gasteiger partial charge is 0.457 e. The minimum atomic E-state index is -0.835. The number of nitrogens with zero attached hydrogens (tertiary/aromatic N) is 2. The highest BCUT2D eigenvalue weighted by Gasteiger charge is 2.23. The van der Waals surface area contributed by atoms with Crippen molar-refractivity contribution in [1.29, 1.82) is 0 Å². The number of hydrogen-bond donors (Lipinski definition) is 1. The second-order valence-corrected chi connectivity index (χ2v) is 8.10. The molecule has 2 aromatic heterocycles. The molecule has 172 valence electrons. The van der Waals surface area contributed by atoms with Crippen LogP contribution in [0.5, 0.6) is 0 Å². The number of thiophene rings is 1. The lowest BCUT2D eigenvalue weighted by atomic mass is 10.1. The van der Waals surface area contributed by atoms with Crippen LogP contribution >= 0.6 is 11.3 Å². The molecule has 3 rings (SSSR count). The van der Waals surface area contributed by atoms with E-state index in [-0.39, 0.29) is 37.5 Å². The molecule has 9 nitrogen and oxygen atoms in total. The number of anilines is 1. The van der Waals surface area contributed by atoms with Crippen LogP contribution in [0.1, 0.15) is 45.4 Å². The summed E-state index contributed by atoms with van der Waals surface area (Å²) in [6.07, 6.45) is -0.257. The Balaban J connectivity index is 1.75. The summed E-state index contributed by atoms with van der Waals surface area (Å²) >= 11 is 1.27. The lowest BCUT2D eigenvalue weighted by Crippen LogP contribution is -2.44. The molecule has 0 spiro atoms. The van der Waals surface area contributed by atoms with E-state index in [0.717, 1.165) is 14.7 Å². The zero-order valence-corrected chi connectivity index (χ0v) is 18.8. The Labute approximate surface area is 193 Å². The molecule has 0 aliphatic carbocycles. The normalized spacial score (nSPS) is 10.7. The van der Waals surface area contributed by atoms with E-state index in [1.165, 1.54) is 11.3 Å². The number of rotatable bonds is 10. The summed E-state index contributed by atoms with van der Waals surface area (Å²) in [6.45, 7) is 0.984. The molecule has 0 amide bonds. The van der Waals surface area contributed by atoms with Crippen LogP contribution in [-0.4, -0.2) is 33.3 Å². The average molecular weight is 470 g/mol. The average Bonchev–Trinajstić information content (AvgIpc) is 3.35. The van der Waals surface area contributed by atoms with E-state index in [4.69, 9.17) is 10.5 Å². The summed E-state index contributed by atoms with van der Waals surface area (Å²) in [5, 5.41) is 1.76. The molecule has 33 heavy (non-hydrogen) atoms. The van der Waals surface area contributed by atoms with Crippen molar-refractivity contribution in [1.82, 2.24) is 9.13 Å². The number of nitrogen functional groups attached to an aromatic ring is 1. The maximum Gasteiger partial charge on any atom is 0.332 e. The maximum atomic E-state index is 12.8. The fraction of sp³-hybridized carbons (Fsp3) is 0.261. The highest BCUT2D eigenvalue weighted by atomic mass is 32.1. The van der Waals surface area contributed by atoms with Gasteiger partial charge in [0.25, 0.3) is 5.56 Å². The summed E-state index contributed by atoms with van der Waals surface area (Å²) in [5.41, 5.74) is 4.94. The van der Waals surface area contributed by atoms with E-state index in [1.807, 2.05) is 6.07 Å². The number of esters is 1. The number of aromatic nitrogens is 2. The third-order valence-electron chi connectivity index (χ3n) is 4.96. The molecule has 0 aliphatic heterocycles. The van der Waals surface area contributed by atoms with Crippen molar-refractivity contribution in [3.05, 3.63) is 84.7 Å². The molecule has 0 unspecified atom stereocenters. The molecule has 0 saturated heterocycles. The van der Waals surface area contributed by atoms with Gasteiger partial charge in [-0.3, -0.25) is 28.3 Å². The molecule has 0 atom stereocenters. The summed E-state index contributed by atoms with van der Waals surface area (Å²) in [7, 11) is 0. The van der Waals surface area contributed by atoms with Crippen molar-refractivity contribution < 1.29 is 19.1 Å². The van der Waals surface area contributed by atoms with Crippen molar-refractivity contribution in [3.8, 4) is 0 Å². The standard InChI is InChI=1S/C23H23N3O6S/c1-2-25-22(30)20(21(24)26(23(25)31)13-15-7-4-3-5-8-15)17(28)14-32-19(29)11-10-16(27)18-9-6-12-33-18/h3-9,12H,2,10-11,13-14,24H2,1H3. The van der Waals surface area contributed by atoms with Crippen LogP contribution in [-0.2, 0) is 22.6 Å². The van der Waals surface area contributed by atoms with Gasteiger partial charge in [0, 0.05) is 13.0 Å². The molecular weight excluding hydrogens is 446 g/mol. The highest BCUT2D eigenvalue weighted by molar-refractivity contribution is 7.12. The van der Waals surface area contributed by atoms with Crippen LogP contribution in [0.25, 0.3) is 0 Å². The van der Waals surface area contributed by atoms with Crippen LogP contribution in [0, 0.1) is 0 Å². The zero-order chi connectivity index (χ0) is 24.0. The first-order valence-corrected chi connectivity index (χ1v) is 11.1. The predicted molar refractivity (Wildman–Crippen MR) is 124 cm³/mol. The Hall–Kier alpha value is -3.79. The quantitative estimate of drug-likeness (QED) is 0.355. The van der Waals surface area contributed by atoms with E-state index in [0.29, 0.717) is 4.88 Å².